The maximum absolute atomic E-state index is 10.5. The van der Waals surface area contributed by atoms with E-state index < -0.39 is 0 Å². The third kappa shape index (κ3) is 2.36. The van der Waals surface area contributed by atoms with Gasteiger partial charge in [0.25, 0.3) is 0 Å². The largest absolute Gasteiger partial charge is 0.468 e. The van der Waals surface area contributed by atoms with Gasteiger partial charge in [-0.1, -0.05) is 12.1 Å². The molecule has 1 aliphatic carbocycles. The zero-order valence-electron chi connectivity index (χ0n) is 8.68. The summed E-state index contributed by atoms with van der Waals surface area (Å²) in [6.07, 6.45) is 2.03. The number of methoxy groups -OCH3 is 1. The van der Waals surface area contributed by atoms with E-state index in [0.717, 1.165) is 18.5 Å². The second-order valence-electron chi connectivity index (χ2n) is 3.76. The number of aldehydes is 1. The zero-order chi connectivity index (χ0) is 10.7. The molecule has 2 unspecified atom stereocenters. The maximum Gasteiger partial charge on any atom is 0.188 e. The van der Waals surface area contributed by atoms with E-state index in [-0.39, 0.29) is 12.7 Å². The summed E-state index contributed by atoms with van der Waals surface area (Å²) >= 11 is 0. The summed E-state index contributed by atoms with van der Waals surface area (Å²) in [6, 6.07) is 7.85. The Morgan fingerprint density at radius 2 is 2.13 bits per heavy atom. The molecule has 0 saturated heterocycles. The fraction of sp³-hybridized carbons (Fsp3) is 0.417. The lowest BCUT2D eigenvalue weighted by Crippen LogP contribution is -1.98. The highest BCUT2D eigenvalue weighted by Gasteiger charge is 2.37. The van der Waals surface area contributed by atoms with Crippen LogP contribution in [0.25, 0.3) is 0 Å². The molecule has 1 aliphatic rings. The minimum atomic E-state index is 0.232. The Hall–Kier alpha value is -1.35. The first-order chi connectivity index (χ1) is 7.35. The fourth-order valence-corrected chi connectivity index (χ4v) is 1.69. The summed E-state index contributed by atoms with van der Waals surface area (Å²) in [5.74, 6) is 1.46. The smallest absolute Gasteiger partial charge is 0.188 e. The molecule has 2 rings (SSSR count). The van der Waals surface area contributed by atoms with Gasteiger partial charge in [-0.05, 0) is 30.0 Å². The number of ether oxygens (including phenoxy) is 2. The molecular weight excluding hydrogens is 192 g/mol. The van der Waals surface area contributed by atoms with Crippen LogP contribution in [0.5, 0.6) is 5.75 Å². The number of benzene rings is 1. The van der Waals surface area contributed by atoms with E-state index in [2.05, 4.69) is 0 Å². The quantitative estimate of drug-likeness (QED) is 0.545. The molecule has 0 heterocycles. The van der Waals surface area contributed by atoms with Crippen LogP contribution in [0, 0.1) is 5.92 Å². The first-order valence-corrected chi connectivity index (χ1v) is 5.02. The lowest BCUT2D eigenvalue weighted by molar-refractivity contribution is -0.108. The topological polar surface area (TPSA) is 35.5 Å². The third-order valence-corrected chi connectivity index (χ3v) is 2.67. The Kier molecular flexibility index (Phi) is 3.02. The summed E-state index contributed by atoms with van der Waals surface area (Å²) in [4.78, 5) is 10.5. The van der Waals surface area contributed by atoms with Crippen molar-refractivity contribution in [2.75, 3.05) is 13.9 Å². The van der Waals surface area contributed by atoms with Crippen molar-refractivity contribution in [3.05, 3.63) is 29.8 Å². The standard InChI is InChI=1S/C12H14O3/c1-14-8-15-11-4-2-9(3-5-11)12-6-10(12)7-13/h2-5,7,10,12H,6,8H2,1H3. The van der Waals surface area contributed by atoms with Crippen LogP contribution in [0.2, 0.25) is 0 Å². The Morgan fingerprint density at radius 3 is 2.67 bits per heavy atom. The van der Waals surface area contributed by atoms with Crippen molar-refractivity contribution in [2.45, 2.75) is 12.3 Å². The summed E-state index contributed by atoms with van der Waals surface area (Å²) in [7, 11) is 1.59. The van der Waals surface area contributed by atoms with Gasteiger partial charge in [0.2, 0.25) is 0 Å². The van der Waals surface area contributed by atoms with Crippen molar-refractivity contribution < 1.29 is 14.3 Å². The highest BCUT2D eigenvalue weighted by Crippen LogP contribution is 2.46. The maximum atomic E-state index is 10.5. The van der Waals surface area contributed by atoms with E-state index in [1.165, 1.54) is 5.56 Å². The minimum absolute atomic E-state index is 0.232. The van der Waals surface area contributed by atoms with Crippen LogP contribution in [0.4, 0.5) is 0 Å². The van der Waals surface area contributed by atoms with Crippen molar-refractivity contribution in [3.8, 4) is 5.75 Å². The van der Waals surface area contributed by atoms with Crippen molar-refractivity contribution >= 4 is 6.29 Å². The summed E-state index contributed by atoms with van der Waals surface area (Å²) < 4.78 is 10.1. The van der Waals surface area contributed by atoms with Crippen molar-refractivity contribution in [3.63, 3.8) is 0 Å². The first-order valence-electron chi connectivity index (χ1n) is 5.02. The first kappa shape index (κ1) is 10.2. The predicted molar refractivity (Wildman–Crippen MR) is 55.9 cm³/mol. The van der Waals surface area contributed by atoms with Crippen LogP contribution < -0.4 is 4.74 Å². The molecule has 15 heavy (non-hydrogen) atoms. The minimum Gasteiger partial charge on any atom is -0.468 e. The second-order valence-corrected chi connectivity index (χ2v) is 3.76. The van der Waals surface area contributed by atoms with E-state index in [9.17, 15) is 4.79 Å². The Labute approximate surface area is 89.0 Å². The van der Waals surface area contributed by atoms with Gasteiger partial charge in [-0.25, -0.2) is 0 Å². The SMILES string of the molecule is COCOc1ccc(C2CC2C=O)cc1. The molecule has 0 aromatic heterocycles. The highest BCUT2D eigenvalue weighted by atomic mass is 16.7. The number of rotatable bonds is 5. The molecule has 0 radical (unpaired) electrons. The van der Waals surface area contributed by atoms with Gasteiger partial charge in [0.15, 0.2) is 6.79 Å². The van der Waals surface area contributed by atoms with Crippen LogP contribution in [0.1, 0.15) is 17.9 Å². The molecule has 0 bridgehead atoms. The van der Waals surface area contributed by atoms with Gasteiger partial charge in [0.1, 0.15) is 12.0 Å². The molecule has 2 atom stereocenters. The molecule has 1 aromatic rings. The highest BCUT2D eigenvalue weighted by molar-refractivity contribution is 5.61. The molecule has 3 heteroatoms. The number of hydrogen-bond donors (Lipinski definition) is 0. The normalized spacial score (nSPS) is 23.5. The van der Waals surface area contributed by atoms with Gasteiger partial charge < -0.3 is 14.3 Å². The zero-order valence-corrected chi connectivity index (χ0v) is 8.68. The summed E-state index contributed by atoms with van der Waals surface area (Å²) in [5, 5.41) is 0. The molecule has 1 fully saturated rings. The average Bonchev–Trinajstić information content (AvgIpc) is 3.06. The molecule has 0 aliphatic heterocycles. The molecule has 0 N–H and O–H groups in total. The van der Waals surface area contributed by atoms with E-state index in [1.807, 2.05) is 24.3 Å². The van der Waals surface area contributed by atoms with Crippen LogP contribution in [0.15, 0.2) is 24.3 Å². The van der Waals surface area contributed by atoms with Crippen molar-refractivity contribution in [1.82, 2.24) is 0 Å². The number of carbonyl (C=O) groups is 1. The van der Waals surface area contributed by atoms with Crippen LogP contribution in [0.3, 0.4) is 0 Å². The van der Waals surface area contributed by atoms with Gasteiger partial charge >= 0.3 is 0 Å². The van der Waals surface area contributed by atoms with Gasteiger partial charge in [0.05, 0.1) is 0 Å². The van der Waals surface area contributed by atoms with Crippen LogP contribution in [-0.4, -0.2) is 20.2 Å². The number of hydrogen-bond acceptors (Lipinski definition) is 3. The summed E-state index contributed by atoms with van der Waals surface area (Å²) in [5.41, 5.74) is 1.22. The van der Waals surface area contributed by atoms with Gasteiger partial charge in [-0.15, -0.1) is 0 Å². The monoisotopic (exact) mass is 206 g/mol. The average molecular weight is 206 g/mol. The Bertz CT molecular complexity index is 331. The van der Waals surface area contributed by atoms with E-state index in [0.29, 0.717) is 5.92 Å². The Morgan fingerprint density at radius 1 is 1.40 bits per heavy atom. The van der Waals surface area contributed by atoms with Gasteiger partial charge in [-0.3, -0.25) is 0 Å². The van der Waals surface area contributed by atoms with E-state index >= 15 is 0 Å². The molecular formula is C12H14O3. The van der Waals surface area contributed by atoms with Gasteiger partial charge in [0, 0.05) is 13.0 Å². The predicted octanol–water partition coefficient (Wildman–Crippen LogP) is 1.97. The molecule has 0 spiro atoms. The van der Waals surface area contributed by atoms with Gasteiger partial charge in [-0.2, -0.15) is 0 Å². The molecule has 0 amide bonds. The van der Waals surface area contributed by atoms with Crippen LogP contribution in [-0.2, 0) is 9.53 Å². The number of carbonyl (C=O) groups excluding carboxylic acids is 1. The molecule has 1 aromatic carbocycles. The van der Waals surface area contributed by atoms with Crippen molar-refractivity contribution in [2.24, 2.45) is 5.92 Å². The second kappa shape index (κ2) is 4.45. The molecule has 1 saturated carbocycles. The Balaban J connectivity index is 1.95. The van der Waals surface area contributed by atoms with Crippen LogP contribution >= 0.6 is 0 Å². The summed E-state index contributed by atoms with van der Waals surface area (Å²) in [6.45, 7) is 0.264. The van der Waals surface area contributed by atoms with E-state index in [4.69, 9.17) is 9.47 Å². The van der Waals surface area contributed by atoms with E-state index in [1.54, 1.807) is 7.11 Å². The lowest BCUT2D eigenvalue weighted by Gasteiger charge is -2.05. The fourth-order valence-electron chi connectivity index (χ4n) is 1.69. The molecule has 80 valence electrons. The third-order valence-electron chi connectivity index (χ3n) is 2.67. The molecule has 3 nitrogen and oxygen atoms in total. The lowest BCUT2D eigenvalue weighted by atomic mass is 10.1. The van der Waals surface area contributed by atoms with Crippen molar-refractivity contribution in [1.29, 1.82) is 0 Å².